The van der Waals surface area contributed by atoms with Crippen LogP contribution in [0, 0.1) is 5.82 Å². The number of hydrogen-bond donors (Lipinski definition) is 1. The molecule has 40 heavy (non-hydrogen) atoms. The minimum Gasteiger partial charge on any atom is -0.495 e. The van der Waals surface area contributed by atoms with Gasteiger partial charge in [0.2, 0.25) is 5.95 Å². The van der Waals surface area contributed by atoms with Gasteiger partial charge in [-0.25, -0.2) is 17.3 Å². The summed E-state index contributed by atoms with van der Waals surface area (Å²) < 4.78 is 43.9. The summed E-state index contributed by atoms with van der Waals surface area (Å²) in [5.74, 6) is 0.0956. The molecule has 0 unspecified atom stereocenters. The molecule has 5 rings (SSSR count). The number of Topliss-reactive ketones (excluding diaryl/α,β-unsaturated/α-hetero) is 1. The number of carbonyl (C=O) groups excluding carboxylic acids is 1. The predicted molar refractivity (Wildman–Crippen MR) is 151 cm³/mol. The highest BCUT2D eigenvalue weighted by atomic mass is 32.2. The quantitative estimate of drug-likeness (QED) is 0.251. The highest BCUT2D eigenvalue weighted by molar-refractivity contribution is 7.90. The van der Waals surface area contributed by atoms with Crippen LogP contribution in [0.1, 0.15) is 24.0 Å². The molecular formula is C30H27FN4O4S. The van der Waals surface area contributed by atoms with Gasteiger partial charge < -0.3 is 10.1 Å². The van der Waals surface area contributed by atoms with E-state index in [4.69, 9.17) is 4.74 Å². The van der Waals surface area contributed by atoms with Crippen LogP contribution >= 0.6 is 0 Å². The second-order valence-corrected chi connectivity index (χ2v) is 11.5. The number of carbonyl (C=O) groups is 1. The molecule has 1 N–H and O–H groups in total. The van der Waals surface area contributed by atoms with E-state index in [2.05, 4.69) is 15.4 Å². The molecule has 0 spiro atoms. The maximum absolute atomic E-state index is 13.2. The molecule has 0 amide bonds. The number of aromatic nitrogens is 3. The van der Waals surface area contributed by atoms with Crippen LogP contribution in [-0.4, -0.2) is 42.2 Å². The van der Waals surface area contributed by atoms with Crippen LogP contribution in [0.15, 0.2) is 90.0 Å². The zero-order valence-electron chi connectivity index (χ0n) is 22.1. The van der Waals surface area contributed by atoms with E-state index in [1.165, 1.54) is 31.4 Å². The monoisotopic (exact) mass is 558 g/mol. The molecule has 5 aromatic rings. The van der Waals surface area contributed by atoms with E-state index in [1.807, 2.05) is 49.5 Å². The van der Waals surface area contributed by atoms with Crippen molar-refractivity contribution in [2.24, 2.45) is 0 Å². The van der Waals surface area contributed by atoms with E-state index in [1.54, 1.807) is 22.7 Å². The third kappa shape index (κ3) is 5.86. The van der Waals surface area contributed by atoms with E-state index in [0.29, 0.717) is 23.0 Å². The molecule has 8 nitrogen and oxygen atoms in total. The lowest BCUT2D eigenvalue weighted by atomic mass is 9.92. The Balaban J connectivity index is 1.30. The molecule has 2 heterocycles. The number of ketones is 1. The normalized spacial score (nSPS) is 12.3. The minimum absolute atomic E-state index is 0.0611. The molecule has 2 aromatic heterocycles. The Bertz CT molecular complexity index is 1800. The van der Waals surface area contributed by atoms with Gasteiger partial charge in [0.05, 0.1) is 17.7 Å². The molecule has 0 bridgehead atoms. The third-order valence-electron chi connectivity index (χ3n) is 6.70. The maximum Gasteiger partial charge on any atom is 0.247 e. The third-order valence-corrected chi connectivity index (χ3v) is 7.81. The molecule has 0 aliphatic heterocycles. The molecule has 0 aliphatic rings. The van der Waals surface area contributed by atoms with Gasteiger partial charge in [-0.2, -0.15) is 4.98 Å². The highest BCUT2D eigenvalue weighted by Crippen LogP contribution is 2.30. The maximum atomic E-state index is 13.2. The van der Waals surface area contributed by atoms with Crippen molar-refractivity contribution in [3.8, 4) is 16.9 Å². The van der Waals surface area contributed by atoms with Crippen molar-refractivity contribution in [2.45, 2.75) is 24.2 Å². The van der Waals surface area contributed by atoms with E-state index in [-0.39, 0.29) is 28.8 Å². The molecule has 204 valence electrons. The standard InChI is InChI=1S/C30H27FN4O4S/c1-19(21-8-11-24(31)12-9-21)27(36)16-20-4-6-22(7-5-20)23-10-15-29-33-30(34-35(29)18-23)32-26-14-13-25(40(3,37)38)17-28(26)39-2/h4-15,17-19H,16H2,1-3H3,(H,32,34)/t19-/m1/s1. The van der Waals surface area contributed by atoms with Gasteiger partial charge in [0.15, 0.2) is 15.5 Å². The van der Waals surface area contributed by atoms with Crippen LogP contribution in [-0.2, 0) is 21.1 Å². The van der Waals surface area contributed by atoms with Crippen molar-refractivity contribution in [2.75, 3.05) is 18.7 Å². The lowest BCUT2D eigenvalue weighted by Gasteiger charge is -2.11. The first-order chi connectivity index (χ1) is 19.1. The second-order valence-electron chi connectivity index (χ2n) is 9.53. The van der Waals surface area contributed by atoms with Gasteiger partial charge in [-0.3, -0.25) is 4.79 Å². The molecule has 3 aromatic carbocycles. The van der Waals surface area contributed by atoms with Crippen LogP contribution < -0.4 is 10.1 Å². The van der Waals surface area contributed by atoms with Crippen LogP contribution in [0.4, 0.5) is 16.0 Å². The number of anilines is 2. The Morgan fingerprint density at radius 2 is 1.70 bits per heavy atom. The molecule has 0 radical (unpaired) electrons. The van der Waals surface area contributed by atoms with Crippen LogP contribution in [0.2, 0.25) is 0 Å². The molecular weight excluding hydrogens is 531 g/mol. The fourth-order valence-electron chi connectivity index (χ4n) is 4.34. The fraction of sp³-hybridized carbons (Fsp3) is 0.167. The minimum atomic E-state index is -3.37. The summed E-state index contributed by atoms with van der Waals surface area (Å²) in [5, 5.41) is 7.59. The number of nitrogens with one attached hydrogen (secondary N) is 1. The summed E-state index contributed by atoms with van der Waals surface area (Å²) in [6, 6.07) is 22.1. The van der Waals surface area contributed by atoms with E-state index >= 15 is 0 Å². The van der Waals surface area contributed by atoms with Gasteiger partial charge >= 0.3 is 0 Å². The Kier molecular flexibility index (Phi) is 7.36. The first-order valence-corrected chi connectivity index (χ1v) is 14.4. The summed E-state index contributed by atoms with van der Waals surface area (Å²) >= 11 is 0. The summed E-state index contributed by atoms with van der Waals surface area (Å²) in [6.07, 6.45) is 3.28. The van der Waals surface area contributed by atoms with Crippen molar-refractivity contribution in [3.63, 3.8) is 0 Å². The van der Waals surface area contributed by atoms with Gasteiger partial charge in [0.1, 0.15) is 17.3 Å². The number of rotatable bonds is 9. The summed E-state index contributed by atoms with van der Waals surface area (Å²) in [7, 11) is -1.91. The fourth-order valence-corrected chi connectivity index (χ4v) is 4.98. The molecule has 0 saturated carbocycles. The Morgan fingerprint density at radius 1 is 1.00 bits per heavy atom. The molecule has 1 atom stereocenters. The predicted octanol–water partition coefficient (Wildman–Crippen LogP) is 5.61. The topological polar surface area (TPSA) is 103 Å². The zero-order chi connectivity index (χ0) is 28.4. The zero-order valence-corrected chi connectivity index (χ0v) is 22.9. The summed E-state index contributed by atoms with van der Waals surface area (Å²) in [5.41, 5.74) is 4.71. The van der Waals surface area contributed by atoms with E-state index in [0.717, 1.165) is 28.5 Å². The van der Waals surface area contributed by atoms with E-state index < -0.39 is 9.84 Å². The Hall–Kier alpha value is -4.57. The average Bonchev–Trinajstić information content (AvgIpc) is 3.34. The first-order valence-electron chi connectivity index (χ1n) is 12.5. The molecule has 0 fully saturated rings. The number of ether oxygens (including phenoxy) is 1. The number of halogens is 1. The van der Waals surface area contributed by atoms with Gasteiger partial charge in [-0.05, 0) is 53.1 Å². The number of pyridine rings is 1. The van der Waals surface area contributed by atoms with Crippen molar-refractivity contribution in [3.05, 3.63) is 102 Å². The highest BCUT2D eigenvalue weighted by Gasteiger charge is 2.16. The Morgan fingerprint density at radius 3 is 2.38 bits per heavy atom. The molecule has 0 aliphatic carbocycles. The number of hydrogen-bond acceptors (Lipinski definition) is 7. The number of fused-ring (bicyclic) bond motifs is 1. The Labute approximate surface area is 231 Å². The number of benzene rings is 3. The number of nitrogens with zero attached hydrogens (tertiary/aromatic N) is 3. The van der Waals surface area contributed by atoms with Crippen LogP contribution in [0.5, 0.6) is 5.75 Å². The molecule has 0 saturated heterocycles. The van der Waals surface area contributed by atoms with E-state index in [9.17, 15) is 17.6 Å². The van der Waals surface area contributed by atoms with Crippen LogP contribution in [0.3, 0.4) is 0 Å². The van der Waals surface area contributed by atoms with Crippen molar-refractivity contribution >= 4 is 32.9 Å². The lowest BCUT2D eigenvalue weighted by molar-refractivity contribution is -0.119. The van der Waals surface area contributed by atoms with Crippen molar-refractivity contribution < 1.29 is 22.3 Å². The van der Waals surface area contributed by atoms with Crippen LogP contribution in [0.25, 0.3) is 16.8 Å². The van der Waals surface area contributed by atoms with Crippen molar-refractivity contribution in [1.29, 1.82) is 0 Å². The first kappa shape index (κ1) is 27.0. The van der Waals surface area contributed by atoms with Gasteiger partial charge in [0, 0.05) is 36.4 Å². The molecule has 10 heteroatoms. The van der Waals surface area contributed by atoms with Gasteiger partial charge in [-0.15, -0.1) is 5.10 Å². The SMILES string of the molecule is COc1cc(S(C)(=O)=O)ccc1Nc1nc2ccc(-c3ccc(CC(=O)[C@H](C)c4ccc(F)cc4)cc3)cn2n1. The number of methoxy groups -OCH3 is 1. The van der Waals surface area contributed by atoms with Gasteiger partial charge in [0.25, 0.3) is 0 Å². The van der Waals surface area contributed by atoms with Crippen molar-refractivity contribution in [1.82, 2.24) is 14.6 Å². The summed E-state index contributed by atoms with van der Waals surface area (Å²) in [4.78, 5) is 17.4. The van der Waals surface area contributed by atoms with Gasteiger partial charge in [-0.1, -0.05) is 43.3 Å². The lowest BCUT2D eigenvalue weighted by Crippen LogP contribution is -2.12. The number of sulfone groups is 1. The average molecular weight is 559 g/mol. The summed E-state index contributed by atoms with van der Waals surface area (Å²) in [6.45, 7) is 1.83. The second kappa shape index (κ2) is 10.9. The smallest absolute Gasteiger partial charge is 0.247 e. The largest absolute Gasteiger partial charge is 0.495 e.